The highest BCUT2D eigenvalue weighted by Gasteiger charge is 2.12. The maximum atomic E-state index is 11.5. The molecule has 0 aliphatic heterocycles. The summed E-state index contributed by atoms with van der Waals surface area (Å²) in [7, 11) is 1.23. The Balaban J connectivity index is 2.02. The predicted octanol–water partition coefficient (Wildman–Crippen LogP) is 1.71. The fourth-order valence-electron chi connectivity index (χ4n) is 1.34. The smallest absolute Gasteiger partial charge is 0.315 e. The molecule has 1 N–H and O–H groups in total. The number of rotatable bonds is 4. The molecule has 2 rings (SSSR count). The van der Waals surface area contributed by atoms with E-state index >= 15 is 0 Å². The van der Waals surface area contributed by atoms with Crippen LogP contribution in [0.2, 0.25) is 0 Å². The van der Waals surface area contributed by atoms with Gasteiger partial charge in [-0.1, -0.05) is 41.7 Å². The number of carbonyl (C=O) groups excluding carboxylic acids is 2. The third-order valence-corrected chi connectivity index (χ3v) is 3.11. The second-order valence-corrected chi connectivity index (χ2v) is 4.56. The average Bonchev–Trinajstić information content (AvgIpc) is 2.88. The third-order valence-electron chi connectivity index (χ3n) is 2.22. The van der Waals surface area contributed by atoms with Crippen LogP contribution in [0.3, 0.4) is 0 Å². The molecule has 0 atom stereocenters. The van der Waals surface area contributed by atoms with Crippen molar-refractivity contribution in [2.45, 2.75) is 6.42 Å². The minimum absolute atomic E-state index is 0.337. The van der Waals surface area contributed by atoms with Gasteiger partial charge in [0.1, 0.15) is 11.4 Å². The number of hydrogen-bond donors (Lipinski definition) is 1. The van der Waals surface area contributed by atoms with Crippen molar-refractivity contribution in [2.24, 2.45) is 0 Å². The van der Waals surface area contributed by atoms with Gasteiger partial charge in [0.05, 0.1) is 7.11 Å². The highest BCUT2D eigenvalue weighted by molar-refractivity contribution is 7.18. The van der Waals surface area contributed by atoms with E-state index in [1.807, 2.05) is 30.3 Å². The molecule has 0 saturated heterocycles. The Kier molecular flexibility index (Phi) is 4.19. The van der Waals surface area contributed by atoms with Gasteiger partial charge in [-0.15, -0.1) is 10.2 Å². The van der Waals surface area contributed by atoms with Crippen molar-refractivity contribution >= 4 is 28.3 Å². The molecule has 7 heteroatoms. The van der Waals surface area contributed by atoms with Crippen LogP contribution in [-0.2, 0) is 14.3 Å². The molecule has 0 saturated carbocycles. The van der Waals surface area contributed by atoms with E-state index in [0.29, 0.717) is 10.1 Å². The molecule has 0 aliphatic carbocycles. The van der Waals surface area contributed by atoms with Gasteiger partial charge in [-0.05, 0) is 0 Å². The Morgan fingerprint density at radius 3 is 2.68 bits per heavy atom. The first-order chi connectivity index (χ1) is 9.19. The monoisotopic (exact) mass is 277 g/mol. The number of amides is 1. The number of ether oxygens (including phenoxy) is 1. The Labute approximate surface area is 113 Å². The Bertz CT molecular complexity index is 583. The molecule has 0 fully saturated rings. The van der Waals surface area contributed by atoms with Crippen LogP contribution in [0.4, 0.5) is 5.13 Å². The summed E-state index contributed by atoms with van der Waals surface area (Å²) in [6.45, 7) is 0. The lowest BCUT2D eigenvalue weighted by molar-refractivity contribution is -0.142. The Morgan fingerprint density at radius 1 is 1.26 bits per heavy atom. The number of anilines is 1. The van der Waals surface area contributed by atoms with Gasteiger partial charge in [0.15, 0.2) is 0 Å². The van der Waals surface area contributed by atoms with Crippen LogP contribution in [0, 0.1) is 0 Å². The van der Waals surface area contributed by atoms with Gasteiger partial charge < -0.3 is 10.1 Å². The van der Waals surface area contributed by atoms with Crippen LogP contribution in [0.25, 0.3) is 10.6 Å². The van der Waals surface area contributed by atoms with Gasteiger partial charge in [-0.3, -0.25) is 9.59 Å². The van der Waals surface area contributed by atoms with E-state index in [4.69, 9.17) is 0 Å². The van der Waals surface area contributed by atoms with E-state index in [2.05, 4.69) is 20.3 Å². The Hall–Kier alpha value is -2.28. The second-order valence-electron chi connectivity index (χ2n) is 3.58. The summed E-state index contributed by atoms with van der Waals surface area (Å²) < 4.78 is 4.40. The fourth-order valence-corrected chi connectivity index (χ4v) is 2.10. The molecule has 0 aliphatic rings. The van der Waals surface area contributed by atoms with Crippen LogP contribution in [0.1, 0.15) is 6.42 Å². The minimum atomic E-state index is -0.592. The second kappa shape index (κ2) is 6.05. The van der Waals surface area contributed by atoms with E-state index in [1.165, 1.54) is 18.4 Å². The predicted molar refractivity (Wildman–Crippen MR) is 70.6 cm³/mol. The molecule has 1 aromatic carbocycles. The van der Waals surface area contributed by atoms with E-state index in [0.717, 1.165) is 5.56 Å². The lowest BCUT2D eigenvalue weighted by atomic mass is 10.2. The van der Waals surface area contributed by atoms with Gasteiger partial charge in [0.2, 0.25) is 11.0 Å². The molecule has 0 bridgehead atoms. The maximum absolute atomic E-state index is 11.5. The highest BCUT2D eigenvalue weighted by atomic mass is 32.1. The molecule has 0 radical (unpaired) electrons. The molecule has 1 aromatic heterocycles. The molecule has 6 nitrogen and oxygen atoms in total. The lowest BCUT2D eigenvalue weighted by Gasteiger charge is -1.98. The van der Waals surface area contributed by atoms with Crippen LogP contribution in [0.15, 0.2) is 30.3 Å². The number of nitrogens with one attached hydrogen (secondary N) is 1. The zero-order valence-corrected chi connectivity index (χ0v) is 10.9. The van der Waals surface area contributed by atoms with Gasteiger partial charge in [-0.2, -0.15) is 0 Å². The first-order valence-corrected chi connectivity index (χ1v) is 6.26. The number of methoxy groups -OCH3 is 1. The summed E-state index contributed by atoms with van der Waals surface area (Å²) in [6, 6.07) is 9.50. The number of nitrogens with zero attached hydrogens (tertiary/aromatic N) is 2. The highest BCUT2D eigenvalue weighted by Crippen LogP contribution is 2.25. The summed E-state index contributed by atoms with van der Waals surface area (Å²) in [5.41, 5.74) is 0.925. The molecular formula is C12H11N3O3S. The van der Waals surface area contributed by atoms with Crippen molar-refractivity contribution in [1.82, 2.24) is 10.2 Å². The normalized spacial score (nSPS) is 9.95. The molecule has 98 valence electrons. The molecule has 1 amide bonds. The first kappa shape index (κ1) is 13.2. The molecule has 19 heavy (non-hydrogen) atoms. The molecular weight excluding hydrogens is 266 g/mol. The lowest BCUT2D eigenvalue weighted by Crippen LogP contribution is -2.17. The van der Waals surface area contributed by atoms with Crippen molar-refractivity contribution in [1.29, 1.82) is 0 Å². The molecule has 0 unspecified atom stereocenters. The average molecular weight is 277 g/mol. The van der Waals surface area contributed by atoms with Crippen molar-refractivity contribution < 1.29 is 14.3 Å². The fraction of sp³-hybridized carbons (Fsp3) is 0.167. The molecule has 2 aromatic rings. The van der Waals surface area contributed by atoms with Gasteiger partial charge >= 0.3 is 5.97 Å². The zero-order valence-electron chi connectivity index (χ0n) is 10.1. The standard InChI is InChI=1S/C12H11N3O3S/c1-18-10(17)7-9(16)13-12-15-14-11(19-12)8-5-3-2-4-6-8/h2-6H,7H2,1H3,(H,13,15,16). The summed E-state index contributed by atoms with van der Waals surface area (Å²) in [5, 5.41) is 11.4. The number of benzene rings is 1. The number of aromatic nitrogens is 2. The largest absolute Gasteiger partial charge is 0.469 e. The van der Waals surface area contributed by atoms with Gasteiger partial charge in [0.25, 0.3) is 0 Å². The van der Waals surface area contributed by atoms with Crippen LogP contribution in [0.5, 0.6) is 0 Å². The number of carbonyl (C=O) groups is 2. The van der Waals surface area contributed by atoms with Crippen molar-refractivity contribution in [3.63, 3.8) is 0 Å². The van der Waals surface area contributed by atoms with Crippen LogP contribution in [-0.4, -0.2) is 29.2 Å². The summed E-state index contributed by atoms with van der Waals surface area (Å²) >= 11 is 1.24. The summed E-state index contributed by atoms with van der Waals surface area (Å²) in [4.78, 5) is 22.4. The van der Waals surface area contributed by atoms with E-state index in [9.17, 15) is 9.59 Å². The summed E-state index contributed by atoms with van der Waals surface area (Å²) in [5.74, 6) is -1.06. The zero-order chi connectivity index (χ0) is 13.7. The van der Waals surface area contributed by atoms with Crippen LogP contribution < -0.4 is 5.32 Å². The molecule has 0 spiro atoms. The van der Waals surface area contributed by atoms with Crippen molar-refractivity contribution in [3.8, 4) is 10.6 Å². The van der Waals surface area contributed by atoms with E-state index in [1.54, 1.807) is 0 Å². The minimum Gasteiger partial charge on any atom is -0.469 e. The maximum Gasteiger partial charge on any atom is 0.315 e. The Morgan fingerprint density at radius 2 is 2.00 bits per heavy atom. The van der Waals surface area contributed by atoms with Gasteiger partial charge in [0, 0.05) is 5.56 Å². The van der Waals surface area contributed by atoms with Crippen LogP contribution >= 0.6 is 11.3 Å². The van der Waals surface area contributed by atoms with E-state index < -0.39 is 11.9 Å². The van der Waals surface area contributed by atoms with Crippen molar-refractivity contribution in [2.75, 3.05) is 12.4 Å². The van der Waals surface area contributed by atoms with Crippen molar-refractivity contribution in [3.05, 3.63) is 30.3 Å². The number of esters is 1. The third kappa shape index (κ3) is 3.59. The topological polar surface area (TPSA) is 81.2 Å². The summed E-state index contributed by atoms with van der Waals surface area (Å²) in [6.07, 6.45) is -0.337. The van der Waals surface area contributed by atoms with Gasteiger partial charge in [-0.25, -0.2) is 0 Å². The number of hydrogen-bond acceptors (Lipinski definition) is 6. The molecule has 1 heterocycles. The van der Waals surface area contributed by atoms with E-state index in [-0.39, 0.29) is 6.42 Å². The quantitative estimate of drug-likeness (QED) is 0.679. The SMILES string of the molecule is COC(=O)CC(=O)Nc1nnc(-c2ccccc2)s1. The first-order valence-electron chi connectivity index (χ1n) is 5.44.